The van der Waals surface area contributed by atoms with Gasteiger partial charge in [0.1, 0.15) is 22.2 Å². The zero-order chi connectivity index (χ0) is 24.2. The molecular weight excluding hydrogens is 458 g/mol. The highest BCUT2D eigenvalue weighted by Crippen LogP contribution is 2.28. The summed E-state index contributed by atoms with van der Waals surface area (Å²) in [5, 5.41) is 28.7. The molecule has 0 unspecified atom stereocenters. The van der Waals surface area contributed by atoms with Crippen molar-refractivity contribution in [2.45, 2.75) is 6.92 Å². The van der Waals surface area contributed by atoms with Crippen LogP contribution < -0.4 is 16.3 Å². The second-order valence-corrected chi connectivity index (χ2v) is 7.90. The molecule has 1 amide bonds. The molecule has 0 aliphatic carbocycles. The lowest BCUT2D eigenvalue weighted by Crippen LogP contribution is -2.05. The molecule has 0 radical (unpaired) electrons. The Morgan fingerprint density at radius 3 is 2.62 bits per heavy atom. The lowest BCUT2D eigenvalue weighted by molar-refractivity contribution is -0.384. The average Bonchev–Trinajstić information content (AvgIpc) is 3.29. The number of allylic oxidation sites excluding steroid dienone is 1. The van der Waals surface area contributed by atoms with Gasteiger partial charge in [-0.3, -0.25) is 14.9 Å². The third-order valence-corrected chi connectivity index (χ3v) is 5.52. The van der Waals surface area contributed by atoms with Gasteiger partial charge in [0.05, 0.1) is 16.2 Å². The van der Waals surface area contributed by atoms with Gasteiger partial charge in [0.2, 0.25) is 5.91 Å². The number of nitro benzene ring substituents is 1. The van der Waals surface area contributed by atoms with Crippen molar-refractivity contribution in [2.75, 3.05) is 10.6 Å². The van der Waals surface area contributed by atoms with Crippen LogP contribution in [0.5, 0.6) is 0 Å². The zero-order valence-corrected chi connectivity index (χ0v) is 18.4. The van der Waals surface area contributed by atoms with Crippen molar-refractivity contribution in [3.8, 4) is 17.3 Å². The third-order valence-electron chi connectivity index (χ3n) is 4.65. The molecule has 34 heavy (non-hydrogen) atoms. The second-order valence-electron chi connectivity index (χ2n) is 7.04. The summed E-state index contributed by atoms with van der Waals surface area (Å²) in [6.45, 7) is 1.42. The molecule has 0 fully saturated rings. The molecule has 0 saturated heterocycles. The Balaban J connectivity index is 1.60. The van der Waals surface area contributed by atoms with Crippen molar-refractivity contribution < 1.29 is 14.1 Å². The Morgan fingerprint density at radius 2 is 1.94 bits per heavy atom. The van der Waals surface area contributed by atoms with E-state index in [1.807, 2.05) is 0 Å². The molecule has 2 heterocycles. The van der Waals surface area contributed by atoms with Crippen molar-refractivity contribution >= 4 is 50.8 Å². The summed E-state index contributed by atoms with van der Waals surface area (Å²) >= 11 is 1.17. The first-order valence-electron chi connectivity index (χ1n) is 9.77. The molecule has 0 atom stereocenters. The summed E-state index contributed by atoms with van der Waals surface area (Å²) < 4.78 is 5.29. The lowest BCUT2D eigenvalue weighted by atomic mass is 10.1. The standard InChI is InChI=1S/C23H15N5O5S/c1-13(29)26-17-4-2-16(3-5-17)25-11-15(10-24)22-27-20(12-34-22)19-9-14-8-18(28(31)32)6-7-21(14)33-23(19)30/h2-9,11-12,25H,1H3,(H,26,29). The van der Waals surface area contributed by atoms with Gasteiger partial charge in [-0.05, 0) is 36.4 Å². The highest BCUT2D eigenvalue weighted by molar-refractivity contribution is 7.11. The summed E-state index contributed by atoms with van der Waals surface area (Å²) in [6, 6.07) is 14.4. The van der Waals surface area contributed by atoms with E-state index in [0.717, 1.165) is 0 Å². The maximum Gasteiger partial charge on any atom is 0.345 e. The molecular formula is C23H15N5O5S. The van der Waals surface area contributed by atoms with E-state index in [9.17, 15) is 25.0 Å². The molecule has 0 bridgehead atoms. The fourth-order valence-electron chi connectivity index (χ4n) is 3.07. The molecule has 2 aromatic carbocycles. The summed E-state index contributed by atoms with van der Waals surface area (Å²) in [5.74, 6) is -0.175. The van der Waals surface area contributed by atoms with E-state index >= 15 is 0 Å². The van der Waals surface area contributed by atoms with Gasteiger partial charge in [0, 0.05) is 47.4 Å². The van der Waals surface area contributed by atoms with Crippen LogP contribution in [0, 0.1) is 21.4 Å². The van der Waals surface area contributed by atoms with Gasteiger partial charge >= 0.3 is 5.63 Å². The number of nitrogens with zero attached hydrogens (tertiary/aromatic N) is 3. The maximum absolute atomic E-state index is 12.5. The second kappa shape index (κ2) is 9.35. The van der Waals surface area contributed by atoms with Crippen LogP contribution in [0.1, 0.15) is 11.9 Å². The minimum Gasteiger partial charge on any atom is -0.422 e. The topological polar surface area (TPSA) is 151 Å². The van der Waals surface area contributed by atoms with Gasteiger partial charge in [-0.1, -0.05) is 0 Å². The number of rotatable bonds is 6. The molecule has 2 aromatic heterocycles. The number of nitrogens with one attached hydrogen (secondary N) is 2. The van der Waals surface area contributed by atoms with Crippen LogP contribution in [0.15, 0.2) is 69.3 Å². The van der Waals surface area contributed by atoms with Gasteiger partial charge in [-0.2, -0.15) is 5.26 Å². The Morgan fingerprint density at radius 1 is 1.21 bits per heavy atom. The quantitative estimate of drug-likeness (QED) is 0.176. The number of thiazole rings is 1. The Kier molecular flexibility index (Phi) is 6.16. The van der Waals surface area contributed by atoms with Gasteiger partial charge in [0.25, 0.3) is 5.69 Å². The molecule has 2 N–H and O–H groups in total. The van der Waals surface area contributed by atoms with Crippen LogP contribution in [0.3, 0.4) is 0 Å². The lowest BCUT2D eigenvalue weighted by Gasteiger charge is -2.04. The van der Waals surface area contributed by atoms with E-state index in [1.54, 1.807) is 29.6 Å². The van der Waals surface area contributed by atoms with Gasteiger partial charge in [-0.25, -0.2) is 9.78 Å². The molecule has 4 aromatic rings. The monoisotopic (exact) mass is 473 g/mol. The number of hydrogen-bond donors (Lipinski definition) is 2. The van der Waals surface area contributed by atoms with Crippen molar-refractivity contribution in [3.63, 3.8) is 0 Å². The summed E-state index contributed by atoms with van der Waals surface area (Å²) in [4.78, 5) is 38.5. The Labute approximate surface area is 195 Å². The Bertz CT molecular complexity index is 1550. The van der Waals surface area contributed by atoms with Crippen LogP contribution in [0.4, 0.5) is 17.1 Å². The molecule has 4 rings (SSSR count). The van der Waals surface area contributed by atoms with Crippen LogP contribution in [-0.4, -0.2) is 15.8 Å². The fourth-order valence-corrected chi connectivity index (χ4v) is 3.86. The minimum absolute atomic E-state index is 0.128. The van der Waals surface area contributed by atoms with Crippen LogP contribution in [-0.2, 0) is 4.79 Å². The number of non-ortho nitro benzene ring substituents is 1. The molecule has 10 nitrogen and oxygen atoms in total. The zero-order valence-electron chi connectivity index (χ0n) is 17.6. The summed E-state index contributed by atoms with van der Waals surface area (Å²) in [5.41, 5.74) is 1.46. The molecule has 0 saturated carbocycles. The van der Waals surface area contributed by atoms with Gasteiger partial charge in [-0.15, -0.1) is 11.3 Å². The van der Waals surface area contributed by atoms with Gasteiger partial charge in [0.15, 0.2) is 0 Å². The summed E-state index contributed by atoms with van der Waals surface area (Å²) in [6.07, 6.45) is 1.49. The molecule has 0 spiro atoms. The van der Waals surface area contributed by atoms with Crippen LogP contribution >= 0.6 is 11.3 Å². The normalized spacial score (nSPS) is 11.1. The number of benzene rings is 2. The van der Waals surface area contributed by atoms with E-state index in [-0.39, 0.29) is 28.3 Å². The minimum atomic E-state index is -0.641. The smallest absolute Gasteiger partial charge is 0.345 e. The van der Waals surface area contributed by atoms with Crippen LogP contribution in [0.2, 0.25) is 0 Å². The van der Waals surface area contributed by atoms with Gasteiger partial charge < -0.3 is 15.1 Å². The Hall–Kier alpha value is -4.82. The van der Waals surface area contributed by atoms with E-state index in [0.29, 0.717) is 27.5 Å². The number of aromatic nitrogens is 1. The first-order valence-corrected chi connectivity index (χ1v) is 10.6. The predicted molar refractivity (Wildman–Crippen MR) is 128 cm³/mol. The maximum atomic E-state index is 12.5. The number of fused-ring (bicyclic) bond motifs is 1. The fraction of sp³-hybridized carbons (Fsp3) is 0.0435. The predicted octanol–water partition coefficient (Wildman–Crippen LogP) is 4.76. The number of anilines is 2. The van der Waals surface area contributed by atoms with E-state index in [1.165, 1.54) is 48.7 Å². The largest absolute Gasteiger partial charge is 0.422 e. The molecule has 168 valence electrons. The highest BCUT2D eigenvalue weighted by Gasteiger charge is 2.15. The first kappa shape index (κ1) is 22.4. The number of carbonyl (C=O) groups excluding carboxylic acids is 1. The summed E-state index contributed by atoms with van der Waals surface area (Å²) in [7, 11) is 0. The van der Waals surface area contributed by atoms with Crippen molar-refractivity contribution in [1.82, 2.24) is 4.98 Å². The number of nitriles is 1. The SMILES string of the molecule is CC(=O)Nc1ccc(NC=C(C#N)c2nc(-c3cc4cc([N+](=O)[O-])ccc4oc3=O)cs2)cc1. The number of carbonyl (C=O) groups is 1. The molecule has 0 aliphatic heterocycles. The van der Waals surface area contributed by atoms with Crippen LogP contribution in [0.25, 0.3) is 27.8 Å². The number of hydrogen-bond acceptors (Lipinski definition) is 9. The highest BCUT2D eigenvalue weighted by atomic mass is 32.1. The average molecular weight is 473 g/mol. The first-order chi connectivity index (χ1) is 16.3. The number of nitro groups is 1. The van der Waals surface area contributed by atoms with Crippen molar-refractivity contribution in [1.29, 1.82) is 5.26 Å². The van der Waals surface area contributed by atoms with E-state index < -0.39 is 10.5 Å². The molecule has 0 aliphatic rings. The van der Waals surface area contributed by atoms with E-state index in [4.69, 9.17) is 4.42 Å². The van der Waals surface area contributed by atoms with Crippen molar-refractivity contribution in [3.05, 3.63) is 85.7 Å². The van der Waals surface area contributed by atoms with Crippen molar-refractivity contribution in [2.24, 2.45) is 0 Å². The molecule has 11 heteroatoms. The third kappa shape index (κ3) is 4.82. The number of amides is 1. The van der Waals surface area contributed by atoms with E-state index in [2.05, 4.69) is 21.7 Å².